The van der Waals surface area contributed by atoms with Crippen molar-refractivity contribution in [3.05, 3.63) is 72.3 Å². The fraction of sp³-hybridized carbons (Fsp3) is 0.105. The molecule has 5 nitrogen and oxygen atoms in total. The van der Waals surface area contributed by atoms with Gasteiger partial charge in [0.05, 0.1) is 10.6 Å². The van der Waals surface area contributed by atoms with Crippen LogP contribution in [0.3, 0.4) is 0 Å². The first-order valence-corrected chi connectivity index (χ1v) is 9.21. The van der Waals surface area contributed by atoms with E-state index in [4.69, 9.17) is 0 Å². The number of anilines is 1. The van der Waals surface area contributed by atoms with Crippen LogP contribution in [0.25, 0.3) is 10.8 Å². The molecule has 3 aromatic carbocycles. The Hall–Kier alpha value is -2.86. The van der Waals surface area contributed by atoms with Crippen LogP contribution in [-0.2, 0) is 14.8 Å². The lowest BCUT2D eigenvalue weighted by molar-refractivity contribution is -0.118. The molecule has 0 fully saturated rings. The Bertz CT molecular complexity index is 1040. The number of aryl methyl sites for hydroxylation is 1. The lowest BCUT2D eigenvalue weighted by atomic mass is 10.1. The highest BCUT2D eigenvalue weighted by Gasteiger charge is 2.28. The first kappa shape index (κ1) is 17.0. The molecule has 1 N–H and O–H groups in total. The number of rotatable bonds is 4. The number of hydrazine groups is 1. The predicted molar refractivity (Wildman–Crippen MR) is 98.6 cm³/mol. The highest BCUT2D eigenvalue weighted by Crippen LogP contribution is 2.30. The normalized spacial score (nSPS) is 11.3. The fourth-order valence-electron chi connectivity index (χ4n) is 2.72. The maximum Gasteiger partial charge on any atom is 0.282 e. The Kier molecular flexibility index (Phi) is 4.46. The lowest BCUT2D eigenvalue weighted by Gasteiger charge is -2.26. The average molecular weight is 354 g/mol. The SMILES string of the molecule is CC(=O)NN(c1cccc2ccccc12)S(=O)(=O)c1ccccc1C. The number of fused-ring (bicyclic) bond motifs is 1. The van der Waals surface area contributed by atoms with E-state index in [1.54, 1.807) is 37.3 Å². The van der Waals surface area contributed by atoms with Crippen molar-refractivity contribution >= 4 is 32.4 Å². The molecule has 0 aliphatic carbocycles. The minimum Gasteiger partial charge on any atom is -0.274 e. The molecule has 0 radical (unpaired) electrons. The molecule has 25 heavy (non-hydrogen) atoms. The van der Waals surface area contributed by atoms with Gasteiger partial charge in [-0.3, -0.25) is 10.2 Å². The molecule has 6 heteroatoms. The summed E-state index contributed by atoms with van der Waals surface area (Å²) >= 11 is 0. The summed E-state index contributed by atoms with van der Waals surface area (Å²) in [5, 5.41) is 1.62. The van der Waals surface area contributed by atoms with Crippen LogP contribution in [0, 0.1) is 6.92 Å². The zero-order valence-electron chi connectivity index (χ0n) is 13.9. The zero-order chi connectivity index (χ0) is 18.0. The summed E-state index contributed by atoms with van der Waals surface area (Å²) in [7, 11) is -3.97. The molecule has 0 saturated carbocycles. The minimum absolute atomic E-state index is 0.150. The first-order valence-electron chi connectivity index (χ1n) is 7.77. The van der Waals surface area contributed by atoms with E-state index in [0.29, 0.717) is 11.3 Å². The van der Waals surface area contributed by atoms with Gasteiger partial charge in [-0.1, -0.05) is 54.6 Å². The molecular weight excluding hydrogens is 336 g/mol. The number of nitrogens with one attached hydrogen (secondary N) is 1. The highest BCUT2D eigenvalue weighted by atomic mass is 32.2. The summed E-state index contributed by atoms with van der Waals surface area (Å²) in [6.45, 7) is 3.01. The molecular formula is C19H18N2O3S. The number of nitrogens with zero attached hydrogens (tertiary/aromatic N) is 1. The number of carbonyl (C=O) groups excluding carboxylic acids is 1. The van der Waals surface area contributed by atoms with Crippen molar-refractivity contribution in [2.75, 3.05) is 4.41 Å². The molecule has 0 aromatic heterocycles. The number of hydrogen-bond donors (Lipinski definition) is 1. The predicted octanol–water partition coefficient (Wildman–Crippen LogP) is 3.39. The van der Waals surface area contributed by atoms with Crippen molar-refractivity contribution in [3.8, 4) is 0 Å². The molecule has 3 aromatic rings. The van der Waals surface area contributed by atoms with Gasteiger partial charge in [-0.05, 0) is 30.0 Å². The number of benzene rings is 3. The molecule has 0 spiro atoms. The van der Waals surface area contributed by atoms with E-state index in [-0.39, 0.29) is 4.90 Å². The van der Waals surface area contributed by atoms with Crippen LogP contribution in [0.2, 0.25) is 0 Å². The molecule has 3 rings (SSSR count). The molecule has 1 amide bonds. The Labute approximate surface area is 146 Å². The van der Waals surface area contributed by atoms with E-state index in [0.717, 1.165) is 15.2 Å². The van der Waals surface area contributed by atoms with E-state index >= 15 is 0 Å². The van der Waals surface area contributed by atoms with Gasteiger partial charge in [-0.15, -0.1) is 0 Å². The zero-order valence-corrected chi connectivity index (χ0v) is 14.7. The van der Waals surface area contributed by atoms with Gasteiger partial charge in [0.2, 0.25) is 5.91 Å². The third kappa shape index (κ3) is 3.21. The minimum atomic E-state index is -3.97. The van der Waals surface area contributed by atoms with Crippen molar-refractivity contribution < 1.29 is 13.2 Å². The molecule has 0 unspecified atom stereocenters. The third-order valence-corrected chi connectivity index (χ3v) is 5.64. The molecule has 0 atom stereocenters. The second kappa shape index (κ2) is 6.57. The Morgan fingerprint density at radius 3 is 2.28 bits per heavy atom. The molecule has 0 heterocycles. The van der Waals surface area contributed by atoms with E-state index in [2.05, 4.69) is 5.43 Å². The maximum atomic E-state index is 13.2. The number of amides is 1. The van der Waals surface area contributed by atoms with Crippen LogP contribution >= 0.6 is 0 Å². The van der Waals surface area contributed by atoms with Gasteiger partial charge >= 0.3 is 0 Å². The van der Waals surface area contributed by atoms with Crippen molar-refractivity contribution in [2.45, 2.75) is 18.7 Å². The van der Waals surface area contributed by atoms with Gasteiger partial charge in [0.25, 0.3) is 10.0 Å². The number of sulfonamides is 1. The van der Waals surface area contributed by atoms with Gasteiger partial charge < -0.3 is 0 Å². The number of hydrogen-bond acceptors (Lipinski definition) is 3. The Morgan fingerprint density at radius 1 is 0.920 bits per heavy atom. The second-order valence-electron chi connectivity index (χ2n) is 5.70. The standard InChI is InChI=1S/C19H18N2O3S/c1-14-8-3-6-13-19(14)25(23,24)21(20-15(2)22)18-12-7-10-16-9-4-5-11-17(16)18/h3-13H,1-2H3,(H,20,22). The summed E-state index contributed by atoms with van der Waals surface area (Å²) in [4.78, 5) is 11.9. The van der Waals surface area contributed by atoms with Crippen LogP contribution in [0.1, 0.15) is 12.5 Å². The van der Waals surface area contributed by atoms with E-state index in [9.17, 15) is 13.2 Å². The van der Waals surface area contributed by atoms with Gasteiger partial charge in [-0.25, -0.2) is 0 Å². The molecule has 0 aliphatic heterocycles. The first-order chi connectivity index (χ1) is 11.9. The molecule has 0 saturated heterocycles. The van der Waals surface area contributed by atoms with Crippen LogP contribution < -0.4 is 9.84 Å². The topological polar surface area (TPSA) is 66.5 Å². The smallest absolute Gasteiger partial charge is 0.274 e. The van der Waals surface area contributed by atoms with Gasteiger partial charge in [0.1, 0.15) is 0 Å². The fourth-order valence-corrected chi connectivity index (χ4v) is 4.31. The Balaban J connectivity index is 2.25. The summed E-state index contributed by atoms with van der Waals surface area (Å²) in [6.07, 6.45) is 0. The molecule has 128 valence electrons. The van der Waals surface area contributed by atoms with Gasteiger partial charge in [0.15, 0.2) is 0 Å². The van der Waals surface area contributed by atoms with Gasteiger partial charge in [0, 0.05) is 12.3 Å². The van der Waals surface area contributed by atoms with E-state index < -0.39 is 15.9 Å². The maximum absolute atomic E-state index is 13.2. The third-order valence-electron chi connectivity index (χ3n) is 3.86. The average Bonchev–Trinajstić information content (AvgIpc) is 2.59. The summed E-state index contributed by atoms with van der Waals surface area (Å²) < 4.78 is 27.4. The van der Waals surface area contributed by atoms with Crippen LogP contribution in [0.15, 0.2) is 71.6 Å². The van der Waals surface area contributed by atoms with Crippen LogP contribution in [0.5, 0.6) is 0 Å². The molecule has 0 bridgehead atoms. The number of carbonyl (C=O) groups is 1. The van der Waals surface area contributed by atoms with Crippen molar-refractivity contribution in [3.63, 3.8) is 0 Å². The van der Waals surface area contributed by atoms with Crippen LogP contribution in [-0.4, -0.2) is 14.3 Å². The molecule has 0 aliphatic rings. The van der Waals surface area contributed by atoms with Gasteiger partial charge in [-0.2, -0.15) is 12.8 Å². The summed E-state index contributed by atoms with van der Waals surface area (Å²) in [5.41, 5.74) is 3.47. The quantitative estimate of drug-likeness (QED) is 0.730. The largest absolute Gasteiger partial charge is 0.282 e. The highest BCUT2D eigenvalue weighted by molar-refractivity contribution is 7.92. The van der Waals surface area contributed by atoms with Crippen molar-refractivity contribution in [2.24, 2.45) is 0 Å². The van der Waals surface area contributed by atoms with E-state index in [1.807, 2.05) is 30.3 Å². The summed E-state index contributed by atoms with van der Waals surface area (Å²) in [6, 6.07) is 19.5. The van der Waals surface area contributed by atoms with Crippen molar-refractivity contribution in [1.29, 1.82) is 0 Å². The van der Waals surface area contributed by atoms with Crippen LogP contribution in [0.4, 0.5) is 5.69 Å². The second-order valence-corrected chi connectivity index (χ2v) is 7.46. The monoisotopic (exact) mass is 354 g/mol. The summed E-state index contributed by atoms with van der Waals surface area (Å²) in [5.74, 6) is -0.468. The Morgan fingerprint density at radius 2 is 1.56 bits per heavy atom. The van der Waals surface area contributed by atoms with E-state index in [1.165, 1.54) is 13.0 Å². The lowest BCUT2D eigenvalue weighted by Crippen LogP contribution is -2.45. The van der Waals surface area contributed by atoms with Crippen molar-refractivity contribution in [1.82, 2.24) is 5.43 Å².